The average molecular weight is 508 g/mol. The molecule has 6 rings (SSSR count). The number of carbonyl (C=O) groups is 2. The van der Waals surface area contributed by atoms with Gasteiger partial charge >= 0.3 is 5.97 Å². The fourth-order valence-electron chi connectivity index (χ4n) is 10.9. The summed E-state index contributed by atoms with van der Waals surface area (Å²) in [5.41, 5.74) is 1.68. The van der Waals surface area contributed by atoms with Crippen LogP contribution in [0.1, 0.15) is 105 Å². The third kappa shape index (κ3) is 2.95. The van der Waals surface area contributed by atoms with E-state index in [2.05, 4.69) is 59.7 Å². The Bertz CT molecular complexity index is 1210. The van der Waals surface area contributed by atoms with E-state index >= 15 is 0 Å². The number of ether oxygens (including phenoxy) is 1. The standard InChI is InChI=1S/C32H45NO4/c1-27(2)23-9-10-32(7)24(30(23,5)16-19-18-33-37-25(19)27)22(34)15-20-21-17-29(4,26(35)36-8)12-11-28(21,3)13-14-31(20,32)6/h15,18,21,23-24H,9-14,16-17H2,1-8H3/t21-,23-,24-,28-,29+,30-,31+,32-/m1/s1. The quantitative estimate of drug-likeness (QED) is 0.389. The first kappa shape index (κ1) is 25.4. The summed E-state index contributed by atoms with van der Waals surface area (Å²) in [6.07, 6.45) is 11.9. The number of hydrogen-bond acceptors (Lipinski definition) is 5. The van der Waals surface area contributed by atoms with E-state index in [4.69, 9.17) is 9.26 Å². The van der Waals surface area contributed by atoms with Crippen molar-refractivity contribution < 1.29 is 18.8 Å². The highest BCUT2D eigenvalue weighted by Crippen LogP contribution is 2.74. The highest BCUT2D eigenvalue weighted by molar-refractivity contribution is 5.96. The molecule has 8 atom stereocenters. The van der Waals surface area contributed by atoms with Crippen LogP contribution in [0.3, 0.4) is 0 Å². The van der Waals surface area contributed by atoms with Gasteiger partial charge in [-0.1, -0.05) is 52.3 Å². The topological polar surface area (TPSA) is 69.4 Å². The fraction of sp³-hybridized carbons (Fsp3) is 0.781. The molecule has 1 aromatic rings. The Morgan fingerprint density at radius 2 is 1.73 bits per heavy atom. The lowest BCUT2D eigenvalue weighted by molar-refractivity contribution is -0.175. The Kier molecular flexibility index (Phi) is 5.06. The molecule has 0 radical (unpaired) electrons. The van der Waals surface area contributed by atoms with Gasteiger partial charge in [-0.15, -0.1) is 0 Å². The molecule has 0 saturated heterocycles. The maximum absolute atomic E-state index is 14.5. The van der Waals surface area contributed by atoms with E-state index in [1.54, 1.807) is 0 Å². The van der Waals surface area contributed by atoms with Crippen molar-refractivity contribution >= 4 is 11.8 Å². The van der Waals surface area contributed by atoms with Crippen molar-refractivity contribution in [2.24, 2.45) is 44.8 Å². The van der Waals surface area contributed by atoms with Crippen LogP contribution in [0.4, 0.5) is 0 Å². The monoisotopic (exact) mass is 507 g/mol. The molecule has 0 N–H and O–H groups in total. The molecule has 3 fully saturated rings. The molecule has 0 aliphatic heterocycles. The van der Waals surface area contributed by atoms with E-state index < -0.39 is 5.41 Å². The lowest BCUT2D eigenvalue weighted by atomic mass is 9.33. The molecule has 0 amide bonds. The van der Waals surface area contributed by atoms with Crippen molar-refractivity contribution in [2.75, 3.05) is 7.11 Å². The van der Waals surface area contributed by atoms with E-state index in [9.17, 15) is 9.59 Å². The minimum absolute atomic E-state index is 0.0326. The number of aromatic nitrogens is 1. The van der Waals surface area contributed by atoms with Gasteiger partial charge in [0.1, 0.15) is 5.76 Å². The van der Waals surface area contributed by atoms with Gasteiger partial charge in [-0.25, -0.2) is 0 Å². The van der Waals surface area contributed by atoms with Crippen LogP contribution in [0.15, 0.2) is 22.4 Å². The number of fused-ring (bicyclic) bond motifs is 8. The number of nitrogens with zero attached hydrogens (tertiary/aromatic N) is 1. The second-order valence-electron chi connectivity index (χ2n) is 15.3. The van der Waals surface area contributed by atoms with Gasteiger partial charge in [0.05, 0.1) is 18.7 Å². The second-order valence-corrected chi connectivity index (χ2v) is 15.3. The van der Waals surface area contributed by atoms with Gasteiger partial charge in [-0.2, -0.15) is 0 Å². The first-order valence-electron chi connectivity index (χ1n) is 14.4. The fourth-order valence-corrected chi connectivity index (χ4v) is 10.9. The maximum Gasteiger partial charge on any atom is 0.311 e. The van der Waals surface area contributed by atoms with Gasteiger partial charge in [0, 0.05) is 16.9 Å². The van der Waals surface area contributed by atoms with Crippen LogP contribution >= 0.6 is 0 Å². The Morgan fingerprint density at radius 1 is 1.03 bits per heavy atom. The molecule has 5 aliphatic rings. The number of hydrogen-bond donors (Lipinski definition) is 0. The number of carbonyl (C=O) groups excluding carboxylic acids is 2. The number of allylic oxidation sites excluding steroid dienone is 2. The lowest BCUT2D eigenvalue weighted by Gasteiger charge is -2.69. The summed E-state index contributed by atoms with van der Waals surface area (Å²) in [5.74, 6) is 1.80. The molecule has 1 heterocycles. The van der Waals surface area contributed by atoms with E-state index in [1.165, 1.54) is 18.2 Å². The number of esters is 1. The third-order valence-corrected chi connectivity index (χ3v) is 13.2. The van der Waals surface area contributed by atoms with Gasteiger partial charge < -0.3 is 9.26 Å². The predicted molar refractivity (Wildman–Crippen MR) is 142 cm³/mol. The molecule has 5 nitrogen and oxygen atoms in total. The molecule has 0 aromatic carbocycles. The Morgan fingerprint density at radius 3 is 2.43 bits per heavy atom. The summed E-state index contributed by atoms with van der Waals surface area (Å²) in [6, 6.07) is 0. The molecule has 37 heavy (non-hydrogen) atoms. The van der Waals surface area contributed by atoms with Crippen LogP contribution < -0.4 is 0 Å². The lowest BCUT2D eigenvalue weighted by Crippen LogP contribution is -2.66. The largest absolute Gasteiger partial charge is 0.469 e. The van der Waals surface area contributed by atoms with Crippen LogP contribution in [0.5, 0.6) is 0 Å². The van der Waals surface area contributed by atoms with E-state index in [0.717, 1.165) is 57.1 Å². The van der Waals surface area contributed by atoms with Gasteiger partial charge in [0.25, 0.3) is 0 Å². The molecule has 0 spiro atoms. The number of rotatable bonds is 1. The Labute approximate surface area is 222 Å². The third-order valence-electron chi connectivity index (χ3n) is 13.2. The highest BCUT2D eigenvalue weighted by Gasteiger charge is 2.70. The zero-order valence-corrected chi connectivity index (χ0v) is 24.1. The first-order valence-corrected chi connectivity index (χ1v) is 14.4. The van der Waals surface area contributed by atoms with E-state index in [-0.39, 0.29) is 44.9 Å². The normalized spacial score (nSPS) is 47.9. The zero-order chi connectivity index (χ0) is 26.8. The van der Waals surface area contributed by atoms with Crippen LogP contribution in [-0.4, -0.2) is 24.0 Å². The Balaban J connectivity index is 1.47. The summed E-state index contributed by atoms with van der Waals surface area (Å²) in [5, 5.41) is 4.19. The van der Waals surface area contributed by atoms with Crippen LogP contribution in [-0.2, 0) is 26.2 Å². The van der Waals surface area contributed by atoms with Crippen LogP contribution in [0, 0.1) is 44.8 Å². The van der Waals surface area contributed by atoms with Gasteiger partial charge in [-0.3, -0.25) is 9.59 Å². The summed E-state index contributed by atoms with van der Waals surface area (Å²) >= 11 is 0. The van der Waals surface area contributed by atoms with Crippen molar-refractivity contribution in [3.63, 3.8) is 0 Å². The first-order chi connectivity index (χ1) is 17.2. The van der Waals surface area contributed by atoms with Crippen LogP contribution in [0.2, 0.25) is 0 Å². The van der Waals surface area contributed by atoms with Crippen molar-refractivity contribution in [2.45, 2.75) is 105 Å². The zero-order valence-electron chi connectivity index (χ0n) is 24.1. The average Bonchev–Trinajstić information content (AvgIpc) is 3.29. The predicted octanol–water partition coefficient (Wildman–Crippen LogP) is 6.84. The maximum atomic E-state index is 14.5. The molecule has 0 unspecified atom stereocenters. The van der Waals surface area contributed by atoms with Crippen LogP contribution in [0.25, 0.3) is 0 Å². The molecule has 1 aromatic heterocycles. The minimum atomic E-state index is -0.486. The second kappa shape index (κ2) is 7.39. The number of ketones is 1. The summed E-state index contributed by atoms with van der Waals surface area (Å²) in [4.78, 5) is 27.4. The molecule has 5 heteroatoms. The van der Waals surface area contributed by atoms with Crippen molar-refractivity contribution in [3.8, 4) is 0 Å². The van der Waals surface area contributed by atoms with E-state index in [1.807, 2.05) is 6.20 Å². The Hall–Kier alpha value is -1.91. The van der Waals surface area contributed by atoms with Crippen molar-refractivity contribution in [1.82, 2.24) is 5.16 Å². The van der Waals surface area contributed by atoms with Crippen molar-refractivity contribution in [3.05, 3.63) is 29.2 Å². The molecule has 202 valence electrons. The minimum Gasteiger partial charge on any atom is -0.469 e. The summed E-state index contributed by atoms with van der Waals surface area (Å²) in [7, 11) is 1.51. The summed E-state index contributed by atoms with van der Waals surface area (Å²) < 4.78 is 11.1. The van der Waals surface area contributed by atoms with E-state index in [0.29, 0.717) is 11.7 Å². The van der Waals surface area contributed by atoms with Crippen molar-refractivity contribution in [1.29, 1.82) is 0 Å². The molecule has 5 aliphatic carbocycles. The van der Waals surface area contributed by atoms with Gasteiger partial charge in [-0.05, 0) is 97.9 Å². The SMILES string of the molecule is COC(=O)[C@@]1(C)CC[C@]2(C)CC[C@@]3(C)C(=CC(=O)[C@@H]4[C@]5(C)Cc6cnoc6C(C)(C)[C@H]5CC[C@]43C)[C@H]2C1. The molecule has 3 saturated carbocycles. The molecule has 0 bridgehead atoms. The smallest absolute Gasteiger partial charge is 0.311 e. The van der Waals surface area contributed by atoms with Gasteiger partial charge in [0.2, 0.25) is 0 Å². The van der Waals surface area contributed by atoms with Gasteiger partial charge in [0.15, 0.2) is 5.78 Å². The highest BCUT2D eigenvalue weighted by atomic mass is 16.5. The molecular formula is C32H45NO4. The number of methoxy groups -OCH3 is 1. The summed E-state index contributed by atoms with van der Waals surface area (Å²) in [6.45, 7) is 16.4. The molecular weight excluding hydrogens is 462 g/mol.